The van der Waals surface area contributed by atoms with E-state index in [9.17, 15) is 9.59 Å². The summed E-state index contributed by atoms with van der Waals surface area (Å²) in [4.78, 5) is 27.8. The first kappa shape index (κ1) is 17.0. The summed E-state index contributed by atoms with van der Waals surface area (Å²) in [6, 6.07) is 3.39. The van der Waals surface area contributed by atoms with Gasteiger partial charge in [-0.15, -0.1) is 11.8 Å². The van der Waals surface area contributed by atoms with Crippen molar-refractivity contribution in [3.8, 4) is 6.07 Å². The topological polar surface area (TPSA) is 89.3 Å². The van der Waals surface area contributed by atoms with Crippen molar-refractivity contribution in [2.24, 2.45) is 0 Å². The van der Waals surface area contributed by atoms with Gasteiger partial charge in [0.25, 0.3) is 0 Å². The van der Waals surface area contributed by atoms with Crippen LogP contribution in [0.25, 0.3) is 0 Å². The van der Waals surface area contributed by atoms with Crippen molar-refractivity contribution in [1.82, 2.24) is 4.98 Å². The molecule has 0 saturated heterocycles. The van der Waals surface area contributed by atoms with Crippen LogP contribution in [-0.4, -0.2) is 36.4 Å². The second-order valence-electron chi connectivity index (χ2n) is 3.85. The Morgan fingerprint density at radius 3 is 2.52 bits per heavy atom. The Morgan fingerprint density at radius 2 is 2.00 bits per heavy atom. The molecular weight excluding hydrogens is 292 g/mol. The zero-order valence-corrected chi connectivity index (χ0v) is 13.0. The van der Waals surface area contributed by atoms with Crippen molar-refractivity contribution >= 4 is 23.7 Å². The molecule has 7 heteroatoms. The summed E-state index contributed by atoms with van der Waals surface area (Å²) in [5.41, 5.74) is 0.660. The van der Waals surface area contributed by atoms with Gasteiger partial charge in [0.15, 0.2) is 0 Å². The second-order valence-corrected chi connectivity index (χ2v) is 4.65. The second kappa shape index (κ2) is 8.27. The molecule has 0 atom stereocenters. The average molecular weight is 308 g/mol. The molecule has 1 rings (SSSR count). The van der Waals surface area contributed by atoms with E-state index in [0.717, 1.165) is 0 Å². The minimum atomic E-state index is -0.603. The number of hydrogen-bond donors (Lipinski definition) is 0. The van der Waals surface area contributed by atoms with Crippen LogP contribution < -0.4 is 0 Å². The molecule has 0 aromatic carbocycles. The van der Waals surface area contributed by atoms with E-state index in [-0.39, 0.29) is 36.5 Å². The highest BCUT2D eigenvalue weighted by atomic mass is 32.2. The summed E-state index contributed by atoms with van der Waals surface area (Å²) in [7, 11) is 0. The molecule has 1 aromatic rings. The molecule has 0 fully saturated rings. The summed E-state index contributed by atoms with van der Waals surface area (Å²) in [6.07, 6.45) is 1.63. The lowest BCUT2D eigenvalue weighted by Gasteiger charge is -2.10. The molecule has 0 bridgehead atoms. The lowest BCUT2D eigenvalue weighted by molar-refractivity contribution is -0.142. The van der Waals surface area contributed by atoms with Gasteiger partial charge in [0.1, 0.15) is 11.1 Å². The zero-order chi connectivity index (χ0) is 15.8. The molecule has 112 valence electrons. The maximum absolute atomic E-state index is 11.9. The Balaban J connectivity index is 3.26. The van der Waals surface area contributed by atoms with Gasteiger partial charge in [-0.05, 0) is 26.2 Å². The van der Waals surface area contributed by atoms with E-state index in [0.29, 0.717) is 5.03 Å². The fourth-order valence-corrected chi connectivity index (χ4v) is 2.16. The van der Waals surface area contributed by atoms with Crippen molar-refractivity contribution < 1.29 is 19.1 Å². The predicted octanol–water partition coefficient (Wildman–Crippen LogP) is 1.96. The third-order valence-electron chi connectivity index (χ3n) is 2.49. The first-order valence-electron chi connectivity index (χ1n) is 6.38. The molecule has 0 spiro atoms. The highest BCUT2D eigenvalue weighted by Crippen LogP contribution is 2.22. The van der Waals surface area contributed by atoms with Gasteiger partial charge in [0, 0.05) is 0 Å². The SMILES string of the molecule is CCOC(=O)Cc1nc(SC)c(C#N)cc1C(=O)OCC. The Hall–Kier alpha value is -2.07. The third-order valence-corrected chi connectivity index (χ3v) is 3.19. The number of nitriles is 1. The summed E-state index contributed by atoms with van der Waals surface area (Å²) >= 11 is 1.27. The van der Waals surface area contributed by atoms with Gasteiger partial charge in [-0.3, -0.25) is 4.79 Å². The Bertz CT molecular complexity index is 581. The normalized spacial score (nSPS) is 9.81. The number of rotatable bonds is 6. The molecule has 0 aliphatic heterocycles. The fourth-order valence-electron chi connectivity index (χ4n) is 1.64. The predicted molar refractivity (Wildman–Crippen MR) is 77.0 cm³/mol. The summed E-state index contributed by atoms with van der Waals surface area (Å²) in [5, 5.41) is 9.56. The van der Waals surface area contributed by atoms with E-state index >= 15 is 0 Å². The number of carbonyl (C=O) groups is 2. The highest BCUT2D eigenvalue weighted by molar-refractivity contribution is 7.98. The Morgan fingerprint density at radius 1 is 1.33 bits per heavy atom. The standard InChI is InChI=1S/C14H16N2O4S/c1-4-19-12(17)7-11-10(14(18)20-5-2)6-9(8-15)13(16-11)21-3/h6H,4-5,7H2,1-3H3. The minimum Gasteiger partial charge on any atom is -0.466 e. The van der Waals surface area contributed by atoms with Crippen LogP contribution in [0.15, 0.2) is 11.1 Å². The van der Waals surface area contributed by atoms with Crippen molar-refractivity contribution in [2.75, 3.05) is 19.5 Å². The van der Waals surface area contributed by atoms with Crippen molar-refractivity contribution in [3.63, 3.8) is 0 Å². The van der Waals surface area contributed by atoms with E-state index < -0.39 is 11.9 Å². The molecule has 0 aliphatic carbocycles. The van der Waals surface area contributed by atoms with Gasteiger partial charge in [-0.2, -0.15) is 5.26 Å². The van der Waals surface area contributed by atoms with Crippen LogP contribution in [0.1, 0.15) is 35.5 Å². The average Bonchev–Trinajstić information content (AvgIpc) is 2.47. The number of ether oxygens (including phenoxy) is 2. The summed E-state index contributed by atoms with van der Waals surface area (Å²) in [6.45, 7) is 3.82. The van der Waals surface area contributed by atoms with E-state index in [1.54, 1.807) is 20.1 Å². The van der Waals surface area contributed by atoms with Gasteiger partial charge in [0.2, 0.25) is 0 Å². The number of esters is 2. The number of aromatic nitrogens is 1. The van der Waals surface area contributed by atoms with Crippen LogP contribution in [0.4, 0.5) is 0 Å². The summed E-state index contributed by atoms with van der Waals surface area (Å²) < 4.78 is 9.80. The van der Waals surface area contributed by atoms with Crippen LogP contribution in [-0.2, 0) is 20.7 Å². The monoisotopic (exact) mass is 308 g/mol. The summed E-state index contributed by atoms with van der Waals surface area (Å²) in [5.74, 6) is -1.08. The first-order chi connectivity index (χ1) is 10.1. The van der Waals surface area contributed by atoms with Crippen molar-refractivity contribution in [2.45, 2.75) is 25.3 Å². The number of nitrogens with zero attached hydrogens (tertiary/aromatic N) is 2. The fraction of sp³-hybridized carbons (Fsp3) is 0.429. The molecule has 0 unspecified atom stereocenters. The number of pyridine rings is 1. The van der Waals surface area contributed by atoms with Crippen molar-refractivity contribution in [3.05, 3.63) is 22.9 Å². The zero-order valence-electron chi connectivity index (χ0n) is 12.1. The number of thioether (sulfide) groups is 1. The molecule has 0 amide bonds. The van der Waals surface area contributed by atoms with Crippen LogP contribution in [0, 0.1) is 11.3 Å². The van der Waals surface area contributed by atoms with Gasteiger partial charge in [0.05, 0.1) is 36.5 Å². The van der Waals surface area contributed by atoms with Crippen LogP contribution in [0.3, 0.4) is 0 Å². The molecule has 0 saturated carbocycles. The molecular formula is C14H16N2O4S. The highest BCUT2D eigenvalue weighted by Gasteiger charge is 2.20. The quantitative estimate of drug-likeness (QED) is 0.586. The van der Waals surface area contributed by atoms with Crippen LogP contribution in [0.5, 0.6) is 0 Å². The third kappa shape index (κ3) is 4.46. The smallest absolute Gasteiger partial charge is 0.340 e. The Labute approximate surface area is 127 Å². The Kier molecular flexibility index (Phi) is 6.69. The number of carbonyl (C=O) groups excluding carboxylic acids is 2. The largest absolute Gasteiger partial charge is 0.466 e. The molecule has 0 N–H and O–H groups in total. The first-order valence-corrected chi connectivity index (χ1v) is 7.60. The lowest BCUT2D eigenvalue weighted by atomic mass is 10.1. The molecule has 21 heavy (non-hydrogen) atoms. The lowest BCUT2D eigenvalue weighted by Crippen LogP contribution is -2.16. The molecule has 0 radical (unpaired) electrons. The number of hydrogen-bond acceptors (Lipinski definition) is 7. The van der Waals surface area contributed by atoms with Gasteiger partial charge in [-0.1, -0.05) is 0 Å². The van der Waals surface area contributed by atoms with Crippen molar-refractivity contribution in [1.29, 1.82) is 5.26 Å². The minimum absolute atomic E-state index is 0.124. The van der Waals surface area contributed by atoms with E-state index in [1.165, 1.54) is 17.8 Å². The molecule has 0 aliphatic rings. The van der Waals surface area contributed by atoms with Crippen LogP contribution in [0.2, 0.25) is 0 Å². The molecule has 6 nitrogen and oxygen atoms in total. The maximum atomic E-state index is 11.9. The van der Waals surface area contributed by atoms with E-state index in [1.807, 2.05) is 6.07 Å². The van der Waals surface area contributed by atoms with Gasteiger partial charge < -0.3 is 9.47 Å². The molecule has 1 heterocycles. The van der Waals surface area contributed by atoms with Gasteiger partial charge in [-0.25, -0.2) is 9.78 Å². The van der Waals surface area contributed by atoms with E-state index in [2.05, 4.69) is 4.98 Å². The molecule has 1 aromatic heterocycles. The maximum Gasteiger partial charge on any atom is 0.340 e. The van der Waals surface area contributed by atoms with E-state index in [4.69, 9.17) is 14.7 Å². The van der Waals surface area contributed by atoms with Crippen LogP contribution >= 0.6 is 11.8 Å². The van der Waals surface area contributed by atoms with Gasteiger partial charge >= 0.3 is 11.9 Å².